The van der Waals surface area contributed by atoms with Crippen LogP contribution in [0.15, 0.2) is 29.0 Å². The third kappa shape index (κ3) is 2.29. The number of rotatable bonds is 3. The van der Waals surface area contributed by atoms with Crippen molar-refractivity contribution >= 4 is 39.6 Å². The zero-order valence-electron chi connectivity index (χ0n) is 7.97. The molecule has 2 aromatic heterocycles. The van der Waals surface area contributed by atoms with Crippen LogP contribution in [0.2, 0.25) is 0 Å². The molecule has 6 heteroatoms. The van der Waals surface area contributed by atoms with Crippen LogP contribution in [0.25, 0.3) is 0 Å². The van der Waals surface area contributed by atoms with Gasteiger partial charge in [0.2, 0.25) is 0 Å². The van der Waals surface area contributed by atoms with Crippen molar-refractivity contribution in [2.45, 2.75) is 0 Å². The molecule has 2 N–H and O–H groups in total. The summed E-state index contributed by atoms with van der Waals surface area (Å²) in [6, 6.07) is 4.76. The standard InChI is InChI=1S/C10H7NO3S2/c12-9(6-3-4-15-5-6)11-8-2-1-7(16-8)10(13)14/h1-5H,(H,11,12)(H,13,14). The van der Waals surface area contributed by atoms with Crippen molar-refractivity contribution in [1.29, 1.82) is 0 Å². The zero-order valence-corrected chi connectivity index (χ0v) is 9.60. The Kier molecular flexibility index (Phi) is 3.02. The van der Waals surface area contributed by atoms with E-state index in [1.165, 1.54) is 17.4 Å². The summed E-state index contributed by atoms with van der Waals surface area (Å²) in [6.07, 6.45) is 0. The number of thiophene rings is 2. The average Bonchev–Trinajstić information content (AvgIpc) is 2.87. The van der Waals surface area contributed by atoms with E-state index < -0.39 is 5.97 Å². The van der Waals surface area contributed by atoms with Crippen LogP contribution in [-0.2, 0) is 0 Å². The fraction of sp³-hybridized carbons (Fsp3) is 0. The molecule has 82 valence electrons. The maximum Gasteiger partial charge on any atom is 0.345 e. The van der Waals surface area contributed by atoms with Crippen LogP contribution in [0.1, 0.15) is 20.0 Å². The van der Waals surface area contributed by atoms with Gasteiger partial charge in [0.25, 0.3) is 5.91 Å². The largest absolute Gasteiger partial charge is 0.477 e. The highest BCUT2D eigenvalue weighted by atomic mass is 32.1. The predicted molar refractivity (Wildman–Crippen MR) is 63.6 cm³/mol. The van der Waals surface area contributed by atoms with E-state index in [-0.39, 0.29) is 10.8 Å². The van der Waals surface area contributed by atoms with Gasteiger partial charge in [-0.05, 0) is 23.6 Å². The lowest BCUT2D eigenvalue weighted by molar-refractivity contribution is 0.0702. The minimum absolute atomic E-state index is 0.209. The summed E-state index contributed by atoms with van der Waals surface area (Å²) in [5.41, 5.74) is 0.579. The molecule has 0 radical (unpaired) electrons. The summed E-state index contributed by atoms with van der Waals surface area (Å²) < 4.78 is 0. The number of carboxylic acid groups (broad SMARTS) is 1. The maximum absolute atomic E-state index is 11.6. The quantitative estimate of drug-likeness (QED) is 0.883. The summed E-state index contributed by atoms with van der Waals surface area (Å²) in [4.78, 5) is 22.4. The molecule has 1 amide bonds. The third-order valence-electron chi connectivity index (χ3n) is 1.84. The highest BCUT2D eigenvalue weighted by Crippen LogP contribution is 2.22. The molecule has 0 atom stereocenters. The van der Waals surface area contributed by atoms with Gasteiger partial charge in [-0.1, -0.05) is 0 Å². The Balaban J connectivity index is 2.09. The van der Waals surface area contributed by atoms with Crippen LogP contribution < -0.4 is 5.32 Å². The van der Waals surface area contributed by atoms with E-state index >= 15 is 0 Å². The SMILES string of the molecule is O=C(Nc1ccc(C(=O)O)s1)c1ccsc1. The van der Waals surface area contributed by atoms with Gasteiger partial charge in [0.1, 0.15) is 4.88 Å². The summed E-state index contributed by atoms with van der Waals surface area (Å²) in [5, 5.41) is 15.4. The summed E-state index contributed by atoms with van der Waals surface area (Å²) in [6.45, 7) is 0. The fourth-order valence-electron chi connectivity index (χ4n) is 1.10. The molecule has 0 aliphatic heterocycles. The van der Waals surface area contributed by atoms with E-state index in [1.54, 1.807) is 17.5 Å². The Morgan fingerprint density at radius 2 is 2.06 bits per heavy atom. The number of anilines is 1. The van der Waals surface area contributed by atoms with E-state index in [2.05, 4.69) is 5.32 Å². The van der Waals surface area contributed by atoms with Gasteiger partial charge in [0.05, 0.1) is 10.6 Å². The van der Waals surface area contributed by atoms with Crippen molar-refractivity contribution in [2.24, 2.45) is 0 Å². The number of amides is 1. The highest BCUT2D eigenvalue weighted by molar-refractivity contribution is 7.18. The molecule has 0 unspecified atom stereocenters. The first-order valence-corrected chi connectivity index (χ1v) is 6.09. The van der Waals surface area contributed by atoms with Crippen LogP contribution in [0.4, 0.5) is 5.00 Å². The first kappa shape index (κ1) is 10.8. The molecule has 0 spiro atoms. The van der Waals surface area contributed by atoms with E-state index in [0.717, 1.165) is 11.3 Å². The van der Waals surface area contributed by atoms with Crippen molar-refractivity contribution in [1.82, 2.24) is 0 Å². The minimum atomic E-state index is -0.985. The number of hydrogen-bond donors (Lipinski definition) is 2. The van der Waals surface area contributed by atoms with Gasteiger partial charge >= 0.3 is 5.97 Å². The Labute approximate surface area is 99.2 Å². The maximum atomic E-state index is 11.6. The van der Waals surface area contributed by atoms with Crippen LogP contribution in [0.3, 0.4) is 0 Å². The molecule has 0 fully saturated rings. The number of aromatic carboxylic acids is 1. The molecule has 16 heavy (non-hydrogen) atoms. The van der Waals surface area contributed by atoms with Crippen molar-refractivity contribution in [3.63, 3.8) is 0 Å². The highest BCUT2D eigenvalue weighted by Gasteiger charge is 2.10. The third-order valence-corrected chi connectivity index (χ3v) is 3.51. The second kappa shape index (κ2) is 4.46. The second-order valence-electron chi connectivity index (χ2n) is 2.94. The fourth-order valence-corrected chi connectivity index (χ4v) is 2.47. The first-order chi connectivity index (χ1) is 7.66. The van der Waals surface area contributed by atoms with E-state index in [0.29, 0.717) is 10.6 Å². The van der Waals surface area contributed by atoms with E-state index in [1.807, 2.05) is 5.38 Å². The monoisotopic (exact) mass is 253 g/mol. The average molecular weight is 253 g/mol. The van der Waals surface area contributed by atoms with Crippen LogP contribution in [0.5, 0.6) is 0 Å². The van der Waals surface area contributed by atoms with Gasteiger partial charge in [-0.25, -0.2) is 4.79 Å². The van der Waals surface area contributed by atoms with Gasteiger partial charge in [0.15, 0.2) is 0 Å². The van der Waals surface area contributed by atoms with Crippen LogP contribution in [-0.4, -0.2) is 17.0 Å². The topological polar surface area (TPSA) is 66.4 Å². The minimum Gasteiger partial charge on any atom is -0.477 e. The Hall–Kier alpha value is -1.66. The van der Waals surface area contributed by atoms with Crippen LogP contribution >= 0.6 is 22.7 Å². The molecule has 4 nitrogen and oxygen atoms in total. The molecule has 0 saturated heterocycles. The summed E-state index contributed by atoms with van der Waals surface area (Å²) in [5.74, 6) is -1.21. The lowest BCUT2D eigenvalue weighted by Crippen LogP contribution is -2.09. The normalized spacial score (nSPS) is 10.0. The van der Waals surface area contributed by atoms with Crippen LogP contribution in [0, 0.1) is 0 Å². The molecule has 2 heterocycles. The van der Waals surface area contributed by atoms with Gasteiger partial charge in [-0.2, -0.15) is 11.3 Å². The molecular formula is C10H7NO3S2. The van der Waals surface area contributed by atoms with Crippen molar-refractivity contribution in [2.75, 3.05) is 5.32 Å². The number of carboxylic acids is 1. The smallest absolute Gasteiger partial charge is 0.345 e. The molecule has 2 rings (SSSR count). The Bertz CT molecular complexity index is 516. The summed E-state index contributed by atoms with van der Waals surface area (Å²) >= 11 is 2.48. The summed E-state index contributed by atoms with van der Waals surface area (Å²) in [7, 11) is 0. The molecular weight excluding hydrogens is 246 g/mol. The van der Waals surface area contributed by atoms with Gasteiger partial charge < -0.3 is 10.4 Å². The van der Waals surface area contributed by atoms with Gasteiger partial charge in [0, 0.05) is 5.38 Å². The zero-order chi connectivity index (χ0) is 11.5. The first-order valence-electron chi connectivity index (χ1n) is 4.33. The number of carbonyl (C=O) groups is 2. The number of carbonyl (C=O) groups excluding carboxylic acids is 1. The Morgan fingerprint density at radius 1 is 1.25 bits per heavy atom. The predicted octanol–water partition coefficient (Wildman–Crippen LogP) is 2.76. The lowest BCUT2D eigenvalue weighted by Gasteiger charge is -1.98. The van der Waals surface area contributed by atoms with Crippen molar-refractivity contribution in [3.8, 4) is 0 Å². The molecule has 2 aromatic rings. The molecule has 0 saturated carbocycles. The Morgan fingerprint density at radius 3 is 2.62 bits per heavy atom. The van der Waals surface area contributed by atoms with E-state index in [4.69, 9.17) is 5.11 Å². The molecule has 0 aliphatic carbocycles. The van der Waals surface area contributed by atoms with Gasteiger partial charge in [-0.15, -0.1) is 11.3 Å². The number of nitrogens with one attached hydrogen (secondary N) is 1. The molecule has 0 aromatic carbocycles. The van der Waals surface area contributed by atoms with Crippen molar-refractivity contribution in [3.05, 3.63) is 39.4 Å². The lowest BCUT2D eigenvalue weighted by atomic mass is 10.3. The molecule has 0 aliphatic rings. The molecule has 0 bridgehead atoms. The number of hydrogen-bond acceptors (Lipinski definition) is 4. The van der Waals surface area contributed by atoms with Gasteiger partial charge in [-0.3, -0.25) is 4.79 Å². The van der Waals surface area contributed by atoms with Crippen molar-refractivity contribution < 1.29 is 14.7 Å². The second-order valence-corrected chi connectivity index (χ2v) is 4.80. The van der Waals surface area contributed by atoms with E-state index in [9.17, 15) is 9.59 Å².